The predicted octanol–water partition coefficient (Wildman–Crippen LogP) is 2.32. The molecular weight excluding hydrogens is 341 g/mol. The monoisotopic (exact) mass is 375 g/mol. The van der Waals surface area contributed by atoms with E-state index in [2.05, 4.69) is 26.1 Å². The lowest BCUT2D eigenvalue weighted by Crippen LogP contribution is -3.00. The highest BCUT2D eigenvalue weighted by atomic mass is 35.5. The second kappa shape index (κ2) is 13.7. The molecular formula is C19H35ClNO2P. The van der Waals surface area contributed by atoms with E-state index in [9.17, 15) is 4.79 Å². The summed E-state index contributed by atoms with van der Waals surface area (Å²) < 4.78 is 5.30. The van der Waals surface area contributed by atoms with Gasteiger partial charge in [-0.3, -0.25) is 4.79 Å². The summed E-state index contributed by atoms with van der Waals surface area (Å²) >= 11 is 0. The maximum absolute atomic E-state index is 12.5. The van der Waals surface area contributed by atoms with Crippen molar-refractivity contribution in [3.05, 3.63) is 24.2 Å². The zero-order valence-electron chi connectivity index (χ0n) is 15.7. The molecule has 1 aromatic heterocycles. The highest BCUT2D eigenvalue weighted by molar-refractivity contribution is 7.76. The number of unbranched alkanes of at least 4 members (excludes halogenated alkanes) is 3. The molecule has 0 saturated carbocycles. The van der Waals surface area contributed by atoms with Crippen molar-refractivity contribution in [2.75, 3.05) is 24.6 Å². The van der Waals surface area contributed by atoms with E-state index in [1.165, 1.54) is 57.0 Å². The van der Waals surface area contributed by atoms with Crippen LogP contribution in [-0.4, -0.2) is 30.6 Å². The van der Waals surface area contributed by atoms with E-state index in [0.717, 1.165) is 11.9 Å². The Hall–Kier alpha value is -0.530. The van der Waals surface area contributed by atoms with Crippen molar-refractivity contribution in [2.24, 2.45) is 0 Å². The van der Waals surface area contributed by atoms with E-state index < -0.39 is 7.26 Å². The molecule has 0 aliphatic carbocycles. The van der Waals surface area contributed by atoms with Crippen LogP contribution >= 0.6 is 7.26 Å². The van der Waals surface area contributed by atoms with Crippen LogP contribution in [0.5, 0.6) is 0 Å². The third-order valence-corrected chi connectivity index (χ3v) is 9.23. The molecule has 0 aliphatic rings. The molecule has 140 valence electrons. The fourth-order valence-corrected chi connectivity index (χ4v) is 7.84. The van der Waals surface area contributed by atoms with Gasteiger partial charge in [-0.2, -0.15) is 0 Å². The Kier molecular flexibility index (Phi) is 13.4. The van der Waals surface area contributed by atoms with E-state index in [1.54, 1.807) is 6.26 Å². The summed E-state index contributed by atoms with van der Waals surface area (Å²) in [6.45, 7) is 7.28. The third-order valence-electron chi connectivity index (χ3n) is 4.48. The summed E-state index contributed by atoms with van der Waals surface area (Å²) in [5, 5.41) is 3.06. The van der Waals surface area contributed by atoms with E-state index in [0.29, 0.717) is 6.54 Å². The predicted molar refractivity (Wildman–Crippen MR) is 102 cm³/mol. The number of hydrogen-bond donors (Lipinski definition) is 1. The van der Waals surface area contributed by atoms with Crippen LogP contribution in [0.1, 0.15) is 65.1 Å². The van der Waals surface area contributed by atoms with Crippen LogP contribution in [0, 0.1) is 0 Å². The molecule has 0 unspecified atom stereocenters. The zero-order valence-corrected chi connectivity index (χ0v) is 17.3. The first-order chi connectivity index (χ1) is 11.2. The summed E-state index contributed by atoms with van der Waals surface area (Å²) in [6, 6.07) is 3.77. The third kappa shape index (κ3) is 9.08. The van der Waals surface area contributed by atoms with Crippen LogP contribution in [0.15, 0.2) is 22.8 Å². The maximum Gasteiger partial charge on any atom is 0.257 e. The molecule has 1 heterocycles. The van der Waals surface area contributed by atoms with Crippen molar-refractivity contribution < 1.29 is 21.6 Å². The number of rotatable bonds is 13. The van der Waals surface area contributed by atoms with Gasteiger partial charge in [0.25, 0.3) is 5.91 Å². The van der Waals surface area contributed by atoms with Gasteiger partial charge in [-0.15, -0.1) is 0 Å². The number of amides is 1. The molecule has 5 heteroatoms. The van der Waals surface area contributed by atoms with Crippen molar-refractivity contribution >= 4 is 13.2 Å². The van der Waals surface area contributed by atoms with Gasteiger partial charge < -0.3 is 22.1 Å². The van der Waals surface area contributed by atoms with Gasteiger partial charge in [0.2, 0.25) is 0 Å². The first-order valence-electron chi connectivity index (χ1n) is 9.30. The average Bonchev–Trinajstić information content (AvgIpc) is 3.07. The fourth-order valence-electron chi connectivity index (χ4n) is 3.01. The Labute approximate surface area is 155 Å². The molecule has 0 saturated heterocycles. The number of nitrogens with one attached hydrogen (secondary N) is 1. The second-order valence-electron chi connectivity index (χ2n) is 6.59. The number of halogens is 1. The molecule has 0 spiro atoms. The van der Waals surface area contributed by atoms with Gasteiger partial charge in [0, 0.05) is 7.26 Å². The molecule has 0 aliphatic heterocycles. The van der Waals surface area contributed by atoms with Crippen LogP contribution in [0.25, 0.3) is 0 Å². The lowest BCUT2D eigenvalue weighted by atomic mass is 10.4. The summed E-state index contributed by atoms with van der Waals surface area (Å²) in [6.07, 6.45) is 13.8. The van der Waals surface area contributed by atoms with Gasteiger partial charge in [0.05, 0.1) is 31.3 Å². The minimum absolute atomic E-state index is 0. The molecule has 1 N–H and O–H groups in total. The molecule has 0 atom stereocenters. The molecule has 0 bridgehead atoms. The normalized spacial score (nSPS) is 11.1. The first-order valence-corrected chi connectivity index (χ1v) is 11.8. The van der Waals surface area contributed by atoms with Gasteiger partial charge in [-0.05, 0) is 31.4 Å². The van der Waals surface area contributed by atoms with Gasteiger partial charge in [-0.25, -0.2) is 0 Å². The smallest absolute Gasteiger partial charge is 0.257 e. The Morgan fingerprint density at radius 3 is 2.00 bits per heavy atom. The van der Waals surface area contributed by atoms with Crippen molar-refractivity contribution in [1.82, 2.24) is 5.32 Å². The van der Waals surface area contributed by atoms with E-state index >= 15 is 0 Å². The Morgan fingerprint density at radius 1 is 1.04 bits per heavy atom. The molecule has 24 heavy (non-hydrogen) atoms. The molecule has 0 fully saturated rings. The molecule has 1 aromatic rings. The van der Waals surface area contributed by atoms with Gasteiger partial charge in [-0.1, -0.05) is 40.0 Å². The number of furan rings is 1. The van der Waals surface area contributed by atoms with Crippen LogP contribution in [0.3, 0.4) is 0 Å². The molecule has 0 aromatic carbocycles. The van der Waals surface area contributed by atoms with Crippen LogP contribution in [0.4, 0.5) is 0 Å². The van der Waals surface area contributed by atoms with Crippen molar-refractivity contribution in [3.63, 3.8) is 0 Å². The highest BCUT2D eigenvalue weighted by Gasteiger charge is 2.37. The topological polar surface area (TPSA) is 42.2 Å². The van der Waals surface area contributed by atoms with Gasteiger partial charge >= 0.3 is 0 Å². The molecule has 1 rings (SSSR count). The molecule has 0 radical (unpaired) electrons. The molecule has 3 nitrogen and oxygen atoms in total. The minimum atomic E-state index is -1.15. The Bertz CT molecular complexity index is 401. The van der Waals surface area contributed by atoms with Crippen LogP contribution < -0.4 is 17.7 Å². The maximum atomic E-state index is 12.5. The standard InChI is InChI=1S/C19H34NO2P.ClH/c1-4-7-13-23(14-8-5-2,15-9-6-3)17-19(21)20-16-18-11-10-12-22-18;/h10-12H,4-9,13-17H2,1-3H3;1H. The fraction of sp³-hybridized carbons (Fsp3) is 0.737. The van der Waals surface area contributed by atoms with Crippen LogP contribution in [-0.2, 0) is 11.3 Å². The summed E-state index contributed by atoms with van der Waals surface area (Å²) in [5.41, 5.74) is 0. The van der Waals surface area contributed by atoms with Crippen molar-refractivity contribution in [2.45, 2.75) is 65.8 Å². The number of carbonyl (C=O) groups excluding carboxylic acids is 1. The number of hydrogen-bond acceptors (Lipinski definition) is 2. The van der Waals surface area contributed by atoms with Gasteiger partial charge in [0.1, 0.15) is 11.9 Å². The summed E-state index contributed by atoms with van der Waals surface area (Å²) in [4.78, 5) is 12.5. The van der Waals surface area contributed by atoms with Gasteiger partial charge in [0.15, 0.2) is 0 Å². The van der Waals surface area contributed by atoms with Crippen molar-refractivity contribution in [1.29, 1.82) is 0 Å². The Balaban J connectivity index is 0.00000529. The van der Waals surface area contributed by atoms with Crippen molar-refractivity contribution in [3.8, 4) is 0 Å². The second-order valence-corrected chi connectivity index (χ2v) is 10.9. The lowest BCUT2D eigenvalue weighted by molar-refractivity contribution is -0.118. The SMILES string of the molecule is CCCC[P+](CCCC)(CCCC)CC(=O)NCc1ccco1.[Cl-]. The quantitative estimate of drug-likeness (QED) is 0.538. The Morgan fingerprint density at radius 2 is 1.58 bits per heavy atom. The summed E-state index contributed by atoms with van der Waals surface area (Å²) in [5.74, 6) is 1.05. The van der Waals surface area contributed by atoms with Crippen LogP contribution in [0.2, 0.25) is 0 Å². The average molecular weight is 376 g/mol. The lowest BCUT2D eigenvalue weighted by Gasteiger charge is -2.27. The van der Waals surface area contributed by atoms with E-state index in [1.807, 2.05) is 12.1 Å². The van der Waals surface area contributed by atoms with E-state index in [-0.39, 0.29) is 18.3 Å². The number of carbonyl (C=O) groups is 1. The minimum Gasteiger partial charge on any atom is -1.00 e. The summed E-state index contributed by atoms with van der Waals surface area (Å²) in [7, 11) is -1.15. The first kappa shape index (κ1) is 23.5. The zero-order chi connectivity index (χ0) is 17.0. The highest BCUT2D eigenvalue weighted by Crippen LogP contribution is 2.60. The molecule has 1 amide bonds. The van der Waals surface area contributed by atoms with E-state index in [4.69, 9.17) is 4.42 Å². The largest absolute Gasteiger partial charge is 1.00 e.